The van der Waals surface area contributed by atoms with E-state index in [1.54, 1.807) is 10.5 Å². The van der Waals surface area contributed by atoms with Gasteiger partial charge in [-0.25, -0.2) is 15.0 Å². The van der Waals surface area contributed by atoms with E-state index < -0.39 is 6.04 Å². The van der Waals surface area contributed by atoms with E-state index in [4.69, 9.17) is 10.7 Å². The van der Waals surface area contributed by atoms with Crippen LogP contribution in [0.15, 0.2) is 59.7 Å². The summed E-state index contributed by atoms with van der Waals surface area (Å²) >= 11 is 0. The highest BCUT2D eigenvalue weighted by Gasteiger charge is 2.21. The van der Waals surface area contributed by atoms with Crippen LogP contribution in [-0.4, -0.2) is 19.4 Å². The Kier molecular flexibility index (Phi) is 4.86. The Morgan fingerprint density at radius 1 is 1.13 bits per heavy atom. The summed E-state index contributed by atoms with van der Waals surface area (Å²) in [7, 11) is 0. The second kappa shape index (κ2) is 7.64. The zero-order valence-electron chi connectivity index (χ0n) is 16.5. The standard InChI is InChI=1S/C22H19N7O/c1-13-7-6-10-17-28-19(14(2)27-21-16(11-23)20(24)25-12-26-21)18(22(30)29(13)17)15-8-4-3-5-9-15/h3-10,12,14H,1-2H3,(H3,24,25,26,27)/t14-/m1/s1. The molecule has 0 bridgehead atoms. The lowest BCUT2D eigenvalue weighted by Crippen LogP contribution is -2.24. The maximum atomic E-state index is 13.5. The third-order valence-corrected chi connectivity index (χ3v) is 4.89. The number of aryl methyl sites for hydroxylation is 1. The zero-order chi connectivity index (χ0) is 21.3. The molecule has 30 heavy (non-hydrogen) atoms. The number of nitriles is 1. The number of nitrogen functional groups attached to an aromatic ring is 1. The summed E-state index contributed by atoms with van der Waals surface area (Å²) < 4.78 is 1.60. The van der Waals surface area contributed by atoms with Crippen LogP contribution in [0.5, 0.6) is 0 Å². The van der Waals surface area contributed by atoms with Gasteiger partial charge < -0.3 is 11.1 Å². The molecule has 148 valence electrons. The molecule has 1 atom stereocenters. The second-order valence-corrected chi connectivity index (χ2v) is 6.86. The molecule has 3 heterocycles. The quantitative estimate of drug-likeness (QED) is 0.542. The van der Waals surface area contributed by atoms with Crippen molar-refractivity contribution < 1.29 is 0 Å². The lowest BCUT2D eigenvalue weighted by atomic mass is 10.0. The Bertz CT molecular complexity index is 1340. The average Bonchev–Trinajstić information content (AvgIpc) is 2.74. The van der Waals surface area contributed by atoms with E-state index in [0.29, 0.717) is 22.7 Å². The molecule has 0 aliphatic carbocycles. The first kappa shape index (κ1) is 19.1. The van der Waals surface area contributed by atoms with Gasteiger partial charge in [0.2, 0.25) is 0 Å². The number of benzene rings is 1. The van der Waals surface area contributed by atoms with Gasteiger partial charge in [-0.1, -0.05) is 36.4 Å². The number of nitrogens with one attached hydrogen (secondary N) is 1. The van der Waals surface area contributed by atoms with E-state index >= 15 is 0 Å². The molecule has 8 nitrogen and oxygen atoms in total. The van der Waals surface area contributed by atoms with E-state index in [1.807, 2.05) is 62.4 Å². The lowest BCUT2D eigenvalue weighted by Gasteiger charge is -2.19. The maximum Gasteiger partial charge on any atom is 0.266 e. The number of rotatable bonds is 4. The molecule has 4 rings (SSSR count). The number of fused-ring (bicyclic) bond motifs is 1. The van der Waals surface area contributed by atoms with Gasteiger partial charge in [0.05, 0.1) is 17.3 Å². The van der Waals surface area contributed by atoms with Crippen molar-refractivity contribution in [2.45, 2.75) is 19.9 Å². The third-order valence-electron chi connectivity index (χ3n) is 4.89. The van der Waals surface area contributed by atoms with Crippen LogP contribution in [0.1, 0.15) is 29.9 Å². The van der Waals surface area contributed by atoms with Crippen molar-refractivity contribution in [2.24, 2.45) is 0 Å². The summed E-state index contributed by atoms with van der Waals surface area (Å²) in [6, 6.07) is 16.5. The average molecular weight is 397 g/mol. The van der Waals surface area contributed by atoms with Gasteiger partial charge in [0.1, 0.15) is 35.2 Å². The normalized spacial score (nSPS) is 11.8. The molecular weight excluding hydrogens is 378 g/mol. The molecule has 0 fully saturated rings. The molecule has 0 saturated carbocycles. The summed E-state index contributed by atoms with van der Waals surface area (Å²) in [5.74, 6) is 0.385. The van der Waals surface area contributed by atoms with Crippen molar-refractivity contribution in [3.63, 3.8) is 0 Å². The van der Waals surface area contributed by atoms with Crippen LogP contribution >= 0.6 is 0 Å². The van der Waals surface area contributed by atoms with Crippen LogP contribution in [0.3, 0.4) is 0 Å². The van der Waals surface area contributed by atoms with Crippen molar-refractivity contribution in [2.75, 3.05) is 11.1 Å². The van der Waals surface area contributed by atoms with Gasteiger partial charge in [0.15, 0.2) is 0 Å². The van der Waals surface area contributed by atoms with Gasteiger partial charge in [0.25, 0.3) is 5.56 Å². The number of nitrogens with zero attached hydrogens (tertiary/aromatic N) is 5. The minimum Gasteiger partial charge on any atom is -0.382 e. The fourth-order valence-electron chi connectivity index (χ4n) is 3.44. The number of pyridine rings is 1. The molecule has 8 heteroatoms. The minimum absolute atomic E-state index is 0.0904. The van der Waals surface area contributed by atoms with E-state index in [0.717, 1.165) is 11.3 Å². The van der Waals surface area contributed by atoms with Gasteiger partial charge >= 0.3 is 0 Å². The first-order valence-corrected chi connectivity index (χ1v) is 9.36. The molecule has 0 amide bonds. The third kappa shape index (κ3) is 3.22. The molecule has 0 unspecified atom stereocenters. The molecule has 0 saturated heterocycles. The molecule has 0 radical (unpaired) electrons. The highest BCUT2D eigenvalue weighted by molar-refractivity contribution is 5.69. The summed E-state index contributed by atoms with van der Waals surface area (Å²) in [4.78, 5) is 26.3. The van der Waals surface area contributed by atoms with Gasteiger partial charge in [-0.2, -0.15) is 5.26 Å². The van der Waals surface area contributed by atoms with Crippen LogP contribution < -0.4 is 16.6 Å². The van der Waals surface area contributed by atoms with Crippen LogP contribution in [0.2, 0.25) is 0 Å². The van der Waals surface area contributed by atoms with Crippen molar-refractivity contribution in [3.8, 4) is 17.2 Å². The molecule has 1 aromatic carbocycles. The van der Waals surface area contributed by atoms with Crippen molar-refractivity contribution in [3.05, 3.63) is 82.2 Å². The van der Waals surface area contributed by atoms with Gasteiger partial charge in [-0.05, 0) is 31.5 Å². The molecule has 0 spiro atoms. The molecule has 0 aliphatic rings. The number of hydrogen-bond acceptors (Lipinski definition) is 7. The van der Waals surface area contributed by atoms with Gasteiger partial charge in [-0.3, -0.25) is 9.20 Å². The van der Waals surface area contributed by atoms with Gasteiger partial charge in [0, 0.05) is 5.69 Å². The second-order valence-electron chi connectivity index (χ2n) is 6.86. The smallest absolute Gasteiger partial charge is 0.266 e. The first-order chi connectivity index (χ1) is 14.5. The Hall–Kier alpha value is -4.25. The summed E-state index contributed by atoms with van der Waals surface area (Å²) in [6.45, 7) is 3.73. The van der Waals surface area contributed by atoms with E-state index in [2.05, 4.69) is 15.3 Å². The highest BCUT2D eigenvalue weighted by Crippen LogP contribution is 2.28. The van der Waals surface area contributed by atoms with Crippen LogP contribution in [0.25, 0.3) is 16.8 Å². The molecule has 3 aromatic heterocycles. The number of hydrogen-bond donors (Lipinski definition) is 2. The number of nitrogens with two attached hydrogens (primary N) is 1. The largest absolute Gasteiger partial charge is 0.382 e. The molecular formula is C22H19N7O. The van der Waals surface area contributed by atoms with E-state index in [-0.39, 0.29) is 16.9 Å². The number of anilines is 2. The van der Waals surface area contributed by atoms with Crippen molar-refractivity contribution >= 4 is 17.3 Å². The molecule has 4 aromatic rings. The van der Waals surface area contributed by atoms with Crippen LogP contribution in [-0.2, 0) is 0 Å². The maximum absolute atomic E-state index is 13.5. The van der Waals surface area contributed by atoms with Crippen LogP contribution in [0.4, 0.5) is 11.6 Å². The highest BCUT2D eigenvalue weighted by atomic mass is 16.1. The topological polar surface area (TPSA) is 122 Å². The Morgan fingerprint density at radius 3 is 2.63 bits per heavy atom. The number of aromatic nitrogens is 4. The Labute approximate surface area is 172 Å². The Morgan fingerprint density at radius 2 is 1.90 bits per heavy atom. The zero-order valence-corrected chi connectivity index (χ0v) is 16.5. The molecule has 3 N–H and O–H groups in total. The summed E-state index contributed by atoms with van der Waals surface area (Å²) in [5.41, 5.74) is 8.94. The van der Waals surface area contributed by atoms with Crippen molar-refractivity contribution in [1.29, 1.82) is 5.26 Å². The fraction of sp³-hybridized carbons (Fsp3) is 0.136. The van der Waals surface area contributed by atoms with Crippen LogP contribution in [0, 0.1) is 18.3 Å². The predicted molar refractivity (Wildman–Crippen MR) is 115 cm³/mol. The van der Waals surface area contributed by atoms with Gasteiger partial charge in [-0.15, -0.1) is 0 Å². The predicted octanol–water partition coefficient (Wildman–Crippen LogP) is 3.09. The Balaban J connectivity index is 1.93. The van der Waals surface area contributed by atoms with Crippen molar-refractivity contribution in [1.82, 2.24) is 19.4 Å². The monoisotopic (exact) mass is 397 g/mol. The first-order valence-electron chi connectivity index (χ1n) is 9.36. The summed E-state index contributed by atoms with van der Waals surface area (Å²) in [5, 5.41) is 12.6. The molecule has 0 aliphatic heterocycles. The van der Waals surface area contributed by atoms with E-state index in [1.165, 1.54) is 6.33 Å². The minimum atomic E-state index is -0.431. The SMILES string of the molecule is Cc1cccc2nc([C@@H](C)Nc3ncnc(N)c3C#N)c(-c3ccccc3)c(=O)n12. The summed E-state index contributed by atoms with van der Waals surface area (Å²) in [6.07, 6.45) is 1.29. The van der Waals surface area contributed by atoms with E-state index in [9.17, 15) is 10.1 Å². The fourth-order valence-corrected chi connectivity index (χ4v) is 3.44. The lowest BCUT2D eigenvalue weighted by molar-refractivity contribution is 0.818.